The highest BCUT2D eigenvalue weighted by molar-refractivity contribution is 5.38. The van der Waals surface area contributed by atoms with Crippen molar-refractivity contribution >= 4 is 5.69 Å². The van der Waals surface area contributed by atoms with Crippen molar-refractivity contribution in [2.45, 2.75) is 26.4 Å². The van der Waals surface area contributed by atoms with E-state index in [1.54, 1.807) is 0 Å². The average molecular weight is 212 g/mol. The number of H-pyrrole nitrogens is 1. The topological polar surface area (TPSA) is 110 Å². The predicted octanol–water partition coefficient (Wildman–Crippen LogP) is -0.197. The molecule has 0 atom stereocenters. The summed E-state index contributed by atoms with van der Waals surface area (Å²) >= 11 is 0. The third-order valence-corrected chi connectivity index (χ3v) is 1.98. The van der Waals surface area contributed by atoms with Crippen molar-refractivity contribution < 1.29 is 0 Å². The fourth-order valence-electron chi connectivity index (χ4n) is 1.27. The highest BCUT2D eigenvalue weighted by Crippen LogP contribution is 2.07. The molecule has 0 aliphatic heterocycles. The van der Waals surface area contributed by atoms with Crippen molar-refractivity contribution in [3.63, 3.8) is 0 Å². The van der Waals surface area contributed by atoms with Crippen LogP contribution in [0.3, 0.4) is 0 Å². The van der Waals surface area contributed by atoms with Gasteiger partial charge in [0.05, 0.1) is 5.69 Å². The van der Waals surface area contributed by atoms with E-state index in [9.17, 15) is 14.5 Å². The number of aromatic amines is 1. The summed E-state index contributed by atoms with van der Waals surface area (Å²) in [6, 6.07) is 0. The summed E-state index contributed by atoms with van der Waals surface area (Å²) < 4.78 is 0.940. The number of rotatable bonds is 4. The first-order chi connectivity index (χ1) is 7.15. The molecule has 0 radical (unpaired) electrons. The summed E-state index contributed by atoms with van der Waals surface area (Å²) in [5, 5.41) is 2.59. The standard InChI is InChI=1S/C8H12N4O3/c1-2-3-12-7(13)6(11-15)5(4-9)10-8(12)14/h2-4,9H2,1H3,(H,10,14). The predicted molar refractivity (Wildman–Crippen MR) is 55.0 cm³/mol. The monoisotopic (exact) mass is 212 g/mol. The Morgan fingerprint density at radius 2 is 2.13 bits per heavy atom. The Morgan fingerprint density at radius 3 is 2.60 bits per heavy atom. The van der Waals surface area contributed by atoms with Gasteiger partial charge in [-0.15, -0.1) is 4.91 Å². The van der Waals surface area contributed by atoms with E-state index in [1.165, 1.54) is 0 Å². The van der Waals surface area contributed by atoms with Crippen LogP contribution in [-0.2, 0) is 13.1 Å². The number of hydrogen-bond donors (Lipinski definition) is 2. The Bertz CT molecular complexity index is 474. The van der Waals surface area contributed by atoms with Gasteiger partial charge >= 0.3 is 5.69 Å². The second kappa shape index (κ2) is 4.65. The van der Waals surface area contributed by atoms with Gasteiger partial charge in [0.25, 0.3) is 5.56 Å². The van der Waals surface area contributed by atoms with Gasteiger partial charge in [0.2, 0.25) is 0 Å². The Kier molecular flexibility index (Phi) is 3.51. The maximum atomic E-state index is 11.6. The lowest BCUT2D eigenvalue weighted by atomic mass is 10.3. The lowest BCUT2D eigenvalue weighted by Crippen LogP contribution is -2.36. The van der Waals surface area contributed by atoms with Gasteiger partial charge in [-0.3, -0.25) is 9.36 Å². The Morgan fingerprint density at radius 1 is 1.47 bits per heavy atom. The summed E-state index contributed by atoms with van der Waals surface area (Å²) in [6.45, 7) is 1.97. The number of aromatic nitrogens is 2. The maximum absolute atomic E-state index is 11.6. The molecule has 0 spiro atoms. The fraction of sp³-hybridized carbons (Fsp3) is 0.500. The second-order valence-corrected chi connectivity index (χ2v) is 3.01. The molecule has 3 N–H and O–H groups in total. The molecule has 0 saturated heterocycles. The summed E-state index contributed by atoms with van der Waals surface area (Å²) in [6.07, 6.45) is 0.614. The smallest absolute Gasteiger partial charge is 0.325 e. The van der Waals surface area contributed by atoms with E-state index in [4.69, 9.17) is 5.73 Å². The first-order valence-electron chi connectivity index (χ1n) is 4.55. The molecule has 82 valence electrons. The third kappa shape index (κ3) is 2.01. The Hall–Kier alpha value is -1.76. The largest absolute Gasteiger partial charge is 0.328 e. The van der Waals surface area contributed by atoms with Crippen molar-refractivity contribution in [1.29, 1.82) is 0 Å². The Balaban J connectivity index is 3.52. The van der Waals surface area contributed by atoms with Gasteiger partial charge in [-0.05, 0) is 11.6 Å². The molecule has 0 fully saturated rings. The summed E-state index contributed by atoms with van der Waals surface area (Å²) in [4.78, 5) is 35.8. The summed E-state index contributed by atoms with van der Waals surface area (Å²) in [5.41, 5.74) is 3.79. The normalized spacial score (nSPS) is 10.3. The molecule has 0 aromatic carbocycles. The number of nitrogens with one attached hydrogen (secondary N) is 1. The van der Waals surface area contributed by atoms with Crippen LogP contribution in [-0.4, -0.2) is 9.55 Å². The molecule has 0 unspecified atom stereocenters. The first-order valence-corrected chi connectivity index (χ1v) is 4.55. The second-order valence-electron chi connectivity index (χ2n) is 3.01. The molecule has 1 aromatic heterocycles. The molecule has 1 heterocycles. The van der Waals surface area contributed by atoms with Crippen molar-refractivity contribution in [3.05, 3.63) is 31.4 Å². The molecule has 15 heavy (non-hydrogen) atoms. The van der Waals surface area contributed by atoms with Crippen LogP contribution in [0.2, 0.25) is 0 Å². The van der Waals surface area contributed by atoms with E-state index in [2.05, 4.69) is 10.2 Å². The van der Waals surface area contributed by atoms with Crippen molar-refractivity contribution in [1.82, 2.24) is 9.55 Å². The lowest BCUT2D eigenvalue weighted by Gasteiger charge is -2.05. The SMILES string of the molecule is CCCn1c(=O)[nH]c(CN)c(N=O)c1=O. The highest BCUT2D eigenvalue weighted by Gasteiger charge is 2.12. The number of nitroso groups, excluding NO2 is 1. The molecule has 7 nitrogen and oxygen atoms in total. The van der Waals surface area contributed by atoms with Crippen LogP contribution in [0.25, 0.3) is 0 Å². The number of nitrogens with two attached hydrogens (primary N) is 1. The fourth-order valence-corrected chi connectivity index (χ4v) is 1.27. The molecular weight excluding hydrogens is 200 g/mol. The van der Waals surface area contributed by atoms with Gasteiger partial charge in [0, 0.05) is 13.1 Å². The van der Waals surface area contributed by atoms with Crippen LogP contribution in [0.1, 0.15) is 19.0 Å². The van der Waals surface area contributed by atoms with E-state index in [1.807, 2.05) is 6.92 Å². The van der Waals surface area contributed by atoms with Crippen molar-refractivity contribution in [3.8, 4) is 0 Å². The van der Waals surface area contributed by atoms with Gasteiger partial charge in [-0.2, -0.15) is 0 Å². The van der Waals surface area contributed by atoms with E-state index in [0.717, 1.165) is 4.57 Å². The zero-order chi connectivity index (χ0) is 11.4. The molecule has 0 saturated carbocycles. The van der Waals surface area contributed by atoms with Gasteiger partial charge in [0.1, 0.15) is 0 Å². The molecule has 1 rings (SSSR count). The molecule has 0 aliphatic rings. The summed E-state index contributed by atoms with van der Waals surface area (Å²) in [5.74, 6) is 0. The summed E-state index contributed by atoms with van der Waals surface area (Å²) in [7, 11) is 0. The number of hydrogen-bond acceptors (Lipinski definition) is 5. The van der Waals surface area contributed by atoms with Crippen molar-refractivity contribution in [2.75, 3.05) is 0 Å². The molecule has 1 aromatic rings. The van der Waals surface area contributed by atoms with Gasteiger partial charge in [-0.25, -0.2) is 4.79 Å². The van der Waals surface area contributed by atoms with Gasteiger partial charge < -0.3 is 10.7 Å². The van der Waals surface area contributed by atoms with Gasteiger partial charge in [-0.1, -0.05) is 6.92 Å². The van der Waals surface area contributed by atoms with E-state index in [-0.39, 0.29) is 24.5 Å². The molecule has 7 heteroatoms. The zero-order valence-corrected chi connectivity index (χ0v) is 8.32. The molecule has 0 amide bonds. The minimum absolute atomic E-state index is 0.0763. The van der Waals surface area contributed by atoms with Crippen LogP contribution < -0.4 is 17.0 Å². The average Bonchev–Trinajstić information content (AvgIpc) is 2.23. The van der Waals surface area contributed by atoms with E-state index in [0.29, 0.717) is 6.42 Å². The van der Waals surface area contributed by atoms with Crippen LogP contribution in [0, 0.1) is 4.91 Å². The first kappa shape index (κ1) is 11.3. The van der Waals surface area contributed by atoms with E-state index >= 15 is 0 Å². The van der Waals surface area contributed by atoms with Crippen LogP contribution in [0.4, 0.5) is 5.69 Å². The lowest BCUT2D eigenvalue weighted by molar-refractivity contribution is 0.610. The quantitative estimate of drug-likeness (QED) is 0.673. The molecule has 0 aliphatic carbocycles. The highest BCUT2D eigenvalue weighted by atomic mass is 16.3. The zero-order valence-electron chi connectivity index (χ0n) is 8.32. The maximum Gasteiger partial charge on any atom is 0.328 e. The minimum Gasteiger partial charge on any atom is -0.325 e. The van der Waals surface area contributed by atoms with Crippen LogP contribution >= 0.6 is 0 Å². The van der Waals surface area contributed by atoms with Crippen molar-refractivity contribution in [2.24, 2.45) is 10.9 Å². The van der Waals surface area contributed by atoms with Gasteiger partial charge in [0.15, 0.2) is 5.69 Å². The Labute approximate surface area is 84.9 Å². The molecule has 0 bridgehead atoms. The minimum atomic E-state index is -0.684. The molecular formula is C8H12N4O3. The van der Waals surface area contributed by atoms with Crippen LogP contribution in [0.15, 0.2) is 14.8 Å². The van der Waals surface area contributed by atoms with E-state index < -0.39 is 11.2 Å². The number of nitrogens with zero attached hydrogens (tertiary/aromatic N) is 2. The third-order valence-electron chi connectivity index (χ3n) is 1.98. The van der Waals surface area contributed by atoms with Crippen LogP contribution in [0.5, 0.6) is 0 Å².